The third-order valence-electron chi connectivity index (χ3n) is 4.11. The van der Waals surface area contributed by atoms with Gasteiger partial charge < -0.3 is 10.4 Å². The van der Waals surface area contributed by atoms with Gasteiger partial charge in [0.2, 0.25) is 0 Å². The molecule has 1 saturated carbocycles. The van der Waals surface area contributed by atoms with Crippen LogP contribution in [-0.2, 0) is 0 Å². The highest BCUT2D eigenvalue weighted by Gasteiger charge is 2.19. The second kappa shape index (κ2) is 8.08. The van der Waals surface area contributed by atoms with Gasteiger partial charge in [0.25, 0.3) is 0 Å². The predicted octanol–water partition coefficient (Wildman–Crippen LogP) is 3.10. The summed E-state index contributed by atoms with van der Waals surface area (Å²) in [4.78, 5) is 0. The lowest BCUT2D eigenvalue weighted by Crippen LogP contribution is -2.38. The van der Waals surface area contributed by atoms with Crippen molar-refractivity contribution in [1.82, 2.24) is 5.32 Å². The standard InChI is InChI=1S/C14H29NO/c1-3-12-6-5-7-14(9-8-12)15-13(4-2)10-11-16/h12-16H,3-11H2,1-2H3. The van der Waals surface area contributed by atoms with Crippen LogP contribution in [-0.4, -0.2) is 23.8 Å². The second-order valence-corrected chi connectivity index (χ2v) is 5.26. The fraction of sp³-hybridized carbons (Fsp3) is 1.00. The van der Waals surface area contributed by atoms with Gasteiger partial charge in [0, 0.05) is 18.7 Å². The number of aliphatic hydroxyl groups excluding tert-OH is 1. The Morgan fingerprint density at radius 2 is 2.00 bits per heavy atom. The van der Waals surface area contributed by atoms with E-state index in [1.165, 1.54) is 38.5 Å². The van der Waals surface area contributed by atoms with Crippen molar-refractivity contribution in [2.75, 3.05) is 6.61 Å². The first kappa shape index (κ1) is 14.0. The summed E-state index contributed by atoms with van der Waals surface area (Å²) in [5, 5.41) is 12.7. The van der Waals surface area contributed by atoms with Gasteiger partial charge >= 0.3 is 0 Å². The van der Waals surface area contributed by atoms with Crippen molar-refractivity contribution in [3.63, 3.8) is 0 Å². The highest BCUT2D eigenvalue weighted by molar-refractivity contribution is 4.78. The maximum atomic E-state index is 8.99. The van der Waals surface area contributed by atoms with Gasteiger partial charge in [-0.1, -0.05) is 33.1 Å². The molecule has 96 valence electrons. The minimum absolute atomic E-state index is 0.315. The Morgan fingerprint density at radius 3 is 2.62 bits per heavy atom. The molecule has 0 bridgehead atoms. The van der Waals surface area contributed by atoms with Crippen molar-refractivity contribution < 1.29 is 5.11 Å². The Hall–Kier alpha value is -0.0800. The van der Waals surface area contributed by atoms with Crippen LogP contribution in [0.25, 0.3) is 0 Å². The third-order valence-corrected chi connectivity index (χ3v) is 4.11. The molecule has 2 N–H and O–H groups in total. The van der Waals surface area contributed by atoms with E-state index in [1.807, 2.05) is 0 Å². The largest absolute Gasteiger partial charge is 0.396 e. The molecule has 0 spiro atoms. The third kappa shape index (κ3) is 4.84. The first-order valence-corrected chi connectivity index (χ1v) is 7.17. The maximum absolute atomic E-state index is 8.99. The lowest BCUT2D eigenvalue weighted by atomic mass is 9.97. The average Bonchev–Trinajstić information content (AvgIpc) is 2.53. The molecule has 2 heteroatoms. The molecule has 3 atom stereocenters. The molecular formula is C14H29NO. The number of hydrogen-bond acceptors (Lipinski definition) is 2. The van der Waals surface area contributed by atoms with Crippen LogP contribution in [0.1, 0.15) is 65.2 Å². The lowest BCUT2D eigenvalue weighted by Gasteiger charge is -2.23. The van der Waals surface area contributed by atoms with E-state index < -0.39 is 0 Å². The number of hydrogen-bond donors (Lipinski definition) is 2. The molecule has 0 aromatic rings. The van der Waals surface area contributed by atoms with Crippen LogP contribution in [0.15, 0.2) is 0 Å². The van der Waals surface area contributed by atoms with Gasteiger partial charge in [-0.25, -0.2) is 0 Å². The molecule has 16 heavy (non-hydrogen) atoms. The Bertz CT molecular complexity index is 172. The molecule has 0 aromatic carbocycles. The van der Waals surface area contributed by atoms with E-state index >= 15 is 0 Å². The molecule has 0 aliphatic heterocycles. The van der Waals surface area contributed by atoms with E-state index in [9.17, 15) is 0 Å². The van der Waals surface area contributed by atoms with E-state index in [-0.39, 0.29) is 0 Å². The number of aliphatic hydroxyl groups is 1. The first-order valence-electron chi connectivity index (χ1n) is 7.17. The number of rotatable bonds is 6. The summed E-state index contributed by atoms with van der Waals surface area (Å²) < 4.78 is 0. The molecule has 1 fully saturated rings. The van der Waals surface area contributed by atoms with Crippen molar-refractivity contribution in [3.8, 4) is 0 Å². The smallest absolute Gasteiger partial charge is 0.0445 e. The Morgan fingerprint density at radius 1 is 1.19 bits per heavy atom. The van der Waals surface area contributed by atoms with Crippen LogP contribution >= 0.6 is 0 Å². The number of nitrogens with one attached hydrogen (secondary N) is 1. The normalized spacial score (nSPS) is 28.7. The highest BCUT2D eigenvalue weighted by Crippen LogP contribution is 2.25. The zero-order valence-electron chi connectivity index (χ0n) is 11.0. The van der Waals surface area contributed by atoms with Gasteiger partial charge in [-0.2, -0.15) is 0 Å². The minimum Gasteiger partial charge on any atom is -0.396 e. The fourth-order valence-electron chi connectivity index (χ4n) is 2.85. The topological polar surface area (TPSA) is 32.3 Å². The van der Waals surface area contributed by atoms with Crippen LogP contribution in [0, 0.1) is 5.92 Å². The molecule has 1 aliphatic rings. The molecule has 2 nitrogen and oxygen atoms in total. The maximum Gasteiger partial charge on any atom is 0.0445 e. The molecule has 3 unspecified atom stereocenters. The zero-order chi connectivity index (χ0) is 11.8. The van der Waals surface area contributed by atoms with Gasteiger partial charge in [0.05, 0.1) is 0 Å². The van der Waals surface area contributed by atoms with E-state index in [2.05, 4.69) is 19.2 Å². The predicted molar refractivity (Wildman–Crippen MR) is 69.6 cm³/mol. The van der Waals surface area contributed by atoms with Gasteiger partial charge in [-0.3, -0.25) is 0 Å². The quantitative estimate of drug-likeness (QED) is 0.683. The Kier molecular flexibility index (Phi) is 7.06. The van der Waals surface area contributed by atoms with Gasteiger partial charge in [-0.15, -0.1) is 0 Å². The van der Waals surface area contributed by atoms with Crippen LogP contribution in [0.2, 0.25) is 0 Å². The SMILES string of the molecule is CCC1CCCC(NC(CC)CCO)CC1. The van der Waals surface area contributed by atoms with Gasteiger partial charge in [0.15, 0.2) is 0 Å². The average molecular weight is 227 g/mol. The Labute approximate surface area is 101 Å². The molecule has 1 rings (SSSR count). The summed E-state index contributed by atoms with van der Waals surface area (Å²) in [5.74, 6) is 0.963. The van der Waals surface area contributed by atoms with Crippen molar-refractivity contribution in [2.24, 2.45) is 5.92 Å². The van der Waals surface area contributed by atoms with Crippen molar-refractivity contribution in [1.29, 1.82) is 0 Å². The van der Waals surface area contributed by atoms with E-state index in [0.29, 0.717) is 18.7 Å². The van der Waals surface area contributed by atoms with Crippen LogP contribution in [0.3, 0.4) is 0 Å². The fourth-order valence-corrected chi connectivity index (χ4v) is 2.85. The van der Waals surface area contributed by atoms with E-state index in [1.54, 1.807) is 0 Å². The summed E-state index contributed by atoms with van der Waals surface area (Å²) in [5.41, 5.74) is 0. The van der Waals surface area contributed by atoms with Crippen molar-refractivity contribution in [2.45, 2.75) is 77.3 Å². The highest BCUT2D eigenvalue weighted by atomic mass is 16.3. The molecule has 0 saturated heterocycles. The van der Waals surface area contributed by atoms with E-state index in [0.717, 1.165) is 18.8 Å². The minimum atomic E-state index is 0.315. The molecule has 0 radical (unpaired) electrons. The first-order chi connectivity index (χ1) is 7.80. The molecular weight excluding hydrogens is 198 g/mol. The molecule has 0 heterocycles. The second-order valence-electron chi connectivity index (χ2n) is 5.26. The summed E-state index contributed by atoms with van der Waals surface area (Å²) in [6.45, 7) is 4.84. The van der Waals surface area contributed by atoms with Crippen molar-refractivity contribution in [3.05, 3.63) is 0 Å². The lowest BCUT2D eigenvalue weighted by molar-refractivity contribution is 0.251. The molecule has 0 amide bonds. The van der Waals surface area contributed by atoms with E-state index in [4.69, 9.17) is 5.11 Å². The molecule has 1 aliphatic carbocycles. The van der Waals surface area contributed by atoms with Crippen LogP contribution < -0.4 is 5.32 Å². The zero-order valence-corrected chi connectivity index (χ0v) is 11.0. The van der Waals surface area contributed by atoms with Gasteiger partial charge in [0.1, 0.15) is 0 Å². The monoisotopic (exact) mass is 227 g/mol. The van der Waals surface area contributed by atoms with Crippen LogP contribution in [0.4, 0.5) is 0 Å². The Balaban J connectivity index is 2.30. The summed E-state index contributed by atoms with van der Waals surface area (Å²) >= 11 is 0. The summed E-state index contributed by atoms with van der Waals surface area (Å²) in [6.07, 6.45) is 10.2. The van der Waals surface area contributed by atoms with Gasteiger partial charge in [-0.05, 0) is 38.0 Å². The van der Waals surface area contributed by atoms with Crippen molar-refractivity contribution >= 4 is 0 Å². The summed E-state index contributed by atoms with van der Waals surface area (Å²) in [7, 11) is 0. The molecule has 0 aromatic heterocycles. The summed E-state index contributed by atoms with van der Waals surface area (Å²) in [6, 6.07) is 1.22. The van der Waals surface area contributed by atoms with Crippen LogP contribution in [0.5, 0.6) is 0 Å².